The number of amides is 2. The van der Waals surface area contributed by atoms with E-state index in [1.807, 2.05) is 0 Å². The van der Waals surface area contributed by atoms with Gasteiger partial charge in [-0.1, -0.05) is 11.6 Å². The summed E-state index contributed by atoms with van der Waals surface area (Å²) in [5.74, 6) is -1.61. The summed E-state index contributed by atoms with van der Waals surface area (Å²) >= 11 is 5.93. The van der Waals surface area contributed by atoms with Crippen LogP contribution in [0.3, 0.4) is 0 Å². The van der Waals surface area contributed by atoms with Gasteiger partial charge in [0.25, 0.3) is 5.91 Å². The fraction of sp³-hybridized carbons (Fsp3) is 0.176. The Hall–Kier alpha value is -2.75. The Labute approximate surface area is 159 Å². The van der Waals surface area contributed by atoms with Crippen molar-refractivity contribution in [3.63, 3.8) is 0 Å². The van der Waals surface area contributed by atoms with Crippen LogP contribution in [0.1, 0.15) is 28.4 Å². The molecule has 0 bridgehead atoms. The predicted molar refractivity (Wildman–Crippen MR) is 90.2 cm³/mol. The van der Waals surface area contributed by atoms with Crippen molar-refractivity contribution in [1.82, 2.24) is 0 Å². The number of carbonyl (C=O) groups excluding carboxylic acids is 2. The zero-order valence-corrected chi connectivity index (χ0v) is 14.7. The first-order valence-electron chi connectivity index (χ1n) is 7.45. The summed E-state index contributed by atoms with van der Waals surface area (Å²) < 4.78 is 77.3. The van der Waals surface area contributed by atoms with Gasteiger partial charge in [0, 0.05) is 18.2 Å². The average Bonchev–Trinajstić information content (AvgIpc) is 2.54. The molecular weight excluding hydrogens is 414 g/mol. The molecule has 11 heteroatoms. The SMILES string of the molecule is CC(=O)Nc1ccc(NC(=O)c2cc(C(F)(F)F)cc(C(F)(F)F)c2)c(Cl)c1. The molecule has 2 N–H and O–H groups in total. The highest BCUT2D eigenvalue weighted by Crippen LogP contribution is 2.36. The topological polar surface area (TPSA) is 58.2 Å². The Morgan fingerprint density at radius 3 is 1.82 bits per heavy atom. The normalized spacial score (nSPS) is 11.9. The molecule has 0 fully saturated rings. The number of carbonyl (C=O) groups is 2. The van der Waals surface area contributed by atoms with E-state index in [-0.39, 0.29) is 22.5 Å². The summed E-state index contributed by atoms with van der Waals surface area (Å²) in [6, 6.07) is 4.38. The van der Waals surface area contributed by atoms with Gasteiger partial charge in [0.05, 0.1) is 21.8 Å². The van der Waals surface area contributed by atoms with Crippen molar-refractivity contribution in [2.75, 3.05) is 10.6 Å². The van der Waals surface area contributed by atoms with E-state index in [0.29, 0.717) is 12.1 Å². The van der Waals surface area contributed by atoms with Crippen molar-refractivity contribution >= 4 is 34.8 Å². The summed E-state index contributed by atoms with van der Waals surface area (Å²) in [4.78, 5) is 23.2. The second kappa shape index (κ2) is 7.70. The standard InChI is InChI=1S/C17H11ClF6N2O2/c1-8(27)25-12-2-3-14(13(18)7-12)26-15(28)9-4-10(16(19,20)21)6-11(5-9)17(22,23)24/h2-7H,1H3,(H,25,27)(H,26,28). The van der Waals surface area contributed by atoms with Crippen LogP contribution in [-0.2, 0) is 17.1 Å². The summed E-state index contributed by atoms with van der Waals surface area (Å²) in [7, 11) is 0. The molecule has 2 rings (SSSR count). The molecule has 2 amide bonds. The van der Waals surface area contributed by atoms with Crippen LogP contribution in [0.15, 0.2) is 36.4 Å². The maximum Gasteiger partial charge on any atom is 0.416 e. The molecule has 2 aromatic rings. The van der Waals surface area contributed by atoms with Gasteiger partial charge in [0.15, 0.2) is 0 Å². The lowest BCUT2D eigenvalue weighted by molar-refractivity contribution is -0.143. The highest BCUT2D eigenvalue weighted by atomic mass is 35.5. The van der Waals surface area contributed by atoms with Crippen LogP contribution in [0.4, 0.5) is 37.7 Å². The van der Waals surface area contributed by atoms with E-state index in [0.717, 1.165) is 0 Å². The van der Waals surface area contributed by atoms with E-state index < -0.39 is 40.9 Å². The van der Waals surface area contributed by atoms with Crippen molar-refractivity contribution in [2.24, 2.45) is 0 Å². The van der Waals surface area contributed by atoms with Gasteiger partial charge in [-0.2, -0.15) is 26.3 Å². The van der Waals surface area contributed by atoms with Crippen LogP contribution >= 0.6 is 11.6 Å². The fourth-order valence-electron chi connectivity index (χ4n) is 2.18. The van der Waals surface area contributed by atoms with Crippen LogP contribution in [0.25, 0.3) is 0 Å². The minimum absolute atomic E-state index is 0.0632. The zero-order chi connectivity index (χ0) is 21.3. The van der Waals surface area contributed by atoms with Crippen LogP contribution in [0.5, 0.6) is 0 Å². The molecule has 4 nitrogen and oxygen atoms in total. The van der Waals surface area contributed by atoms with Gasteiger partial charge in [-0.05, 0) is 36.4 Å². The van der Waals surface area contributed by atoms with Crippen LogP contribution < -0.4 is 10.6 Å². The molecule has 0 unspecified atom stereocenters. The van der Waals surface area contributed by atoms with Gasteiger partial charge >= 0.3 is 12.4 Å². The molecule has 0 aliphatic heterocycles. The summed E-state index contributed by atoms with van der Waals surface area (Å²) in [5.41, 5.74) is -3.84. The van der Waals surface area contributed by atoms with Gasteiger partial charge in [-0.15, -0.1) is 0 Å². The maximum absolute atomic E-state index is 12.9. The van der Waals surface area contributed by atoms with Crippen LogP contribution in [0.2, 0.25) is 5.02 Å². The number of hydrogen-bond donors (Lipinski definition) is 2. The van der Waals surface area contributed by atoms with E-state index in [9.17, 15) is 35.9 Å². The maximum atomic E-state index is 12.9. The lowest BCUT2D eigenvalue weighted by Crippen LogP contribution is -2.17. The first-order valence-corrected chi connectivity index (χ1v) is 7.83. The quantitative estimate of drug-likeness (QED) is 0.631. The van der Waals surface area contributed by atoms with Gasteiger partial charge in [0.2, 0.25) is 5.91 Å². The smallest absolute Gasteiger partial charge is 0.326 e. The Balaban J connectivity index is 2.37. The largest absolute Gasteiger partial charge is 0.416 e. The minimum Gasteiger partial charge on any atom is -0.326 e. The molecule has 0 heterocycles. The predicted octanol–water partition coefficient (Wildman–Crippen LogP) is 5.59. The number of anilines is 2. The van der Waals surface area contributed by atoms with Gasteiger partial charge in [0.1, 0.15) is 0 Å². The monoisotopic (exact) mass is 424 g/mol. The first kappa shape index (κ1) is 21.5. The van der Waals surface area contributed by atoms with E-state index in [2.05, 4.69) is 10.6 Å². The highest BCUT2D eigenvalue weighted by Gasteiger charge is 2.37. The Morgan fingerprint density at radius 1 is 0.857 bits per heavy atom. The van der Waals surface area contributed by atoms with E-state index >= 15 is 0 Å². The van der Waals surface area contributed by atoms with Gasteiger partial charge < -0.3 is 10.6 Å². The summed E-state index contributed by atoms with van der Waals surface area (Å²) in [6.45, 7) is 1.25. The molecule has 2 aromatic carbocycles. The molecule has 0 radical (unpaired) electrons. The Bertz CT molecular complexity index is 893. The molecule has 0 aliphatic carbocycles. The third-order valence-electron chi connectivity index (χ3n) is 3.39. The Morgan fingerprint density at radius 2 is 1.39 bits per heavy atom. The first-order chi connectivity index (χ1) is 12.8. The highest BCUT2D eigenvalue weighted by molar-refractivity contribution is 6.34. The van der Waals surface area contributed by atoms with Crippen LogP contribution in [0, 0.1) is 0 Å². The van der Waals surface area contributed by atoms with Crippen molar-refractivity contribution in [1.29, 1.82) is 0 Å². The second-order valence-electron chi connectivity index (χ2n) is 5.62. The third kappa shape index (κ3) is 5.38. The fourth-order valence-corrected chi connectivity index (χ4v) is 2.41. The molecule has 0 aromatic heterocycles. The van der Waals surface area contributed by atoms with Crippen molar-refractivity contribution in [3.8, 4) is 0 Å². The zero-order valence-electron chi connectivity index (χ0n) is 13.9. The van der Waals surface area contributed by atoms with Crippen molar-refractivity contribution in [2.45, 2.75) is 19.3 Å². The number of nitrogens with one attached hydrogen (secondary N) is 2. The lowest BCUT2D eigenvalue weighted by atomic mass is 10.0. The molecule has 0 saturated carbocycles. The molecule has 28 heavy (non-hydrogen) atoms. The molecule has 150 valence electrons. The van der Waals surface area contributed by atoms with Gasteiger partial charge in [-0.25, -0.2) is 0 Å². The average molecular weight is 425 g/mol. The molecule has 0 aliphatic rings. The second-order valence-corrected chi connectivity index (χ2v) is 6.03. The number of rotatable bonds is 3. The Kier molecular flexibility index (Phi) is 5.93. The molecule has 0 spiro atoms. The molecule has 0 atom stereocenters. The van der Waals surface area contributed by atoms with Crippen LogP contribution in [-0.4, -0.2) is 11.8 Å². The number of alkyl halides is 6. The lowest BCUT2D eigenvalue weighted by Gasteiger charge is -2.15. The van der Waals surface area contributed by atoms with E-state index in [4.69, 9.17) is 11.6 Å². The van der Waals surface area contributed by atoms with Crippen molar-refractivity contribution in [3.05, 3.63) is 58.1 Å². The number of benzene rings is 2. The third-order valence-corrected chi connectivity index (χ3v) is 3.70. The van der Waals surface area contributed by atoms with Crippen molar-refractivity contribution < 1.29 is 35.9 Å². The summed E-state index contributed by atoms with van der Waals surface area (Å²) in [5, 5.41) is 4.49. The molecule has 0 saturated heterocycles. The number of hydrogen-bond acceptors (Lipinski definition) is 2. The minimum atomic E-state index is -5.08. The summed E-state index contributed by atoms with van der Waals surface area (Å²) in [6.07, 6.45) is -10.2. The van der Waals surface area contributed by atoms with E-state index in [1.165, 1.54) is 25.1 Å². The van der Waals surface area contributed by atoms with Gasteiger partial charge in [-0.3, -0.25) is 9.59 Å². The molecular formula is C17H11ClF6N2O2. The van der Waals surface area contributed by atoms with E-state index in [1.54, 1.807) is 0 Å². The number of halogens is 7.